The van der Waals surface area contributed by atoms with E-state index >= 15 is 0 Å². The third kappa shape index (κ3) is 2.65. The van der Waals surface area contributed by atoms with E-state index in [1.807, 2.05) is 18.2 Å². The van der Waals surface area contributed by atoms with Crippen LogP contribution in [-0.2, 0) is 13.6 Å². The summed E-state index contributed by atoms with van der Waals surface area (Å²) < 4.78 is 7.21. The molecule has 2 aromatic rings. The number of benzene rings is 1. The van der Waals surface area contributed by atoms with Crippen molar-refractivity contribution in [2.75, 3.05) is 18.5 Å². The third-order valence-electron chi connectivity index (χ3n) is 3.14. The van der Waals surface area contributed by atoms with Crippen LogP contribution >= 0.6 is 0 Å². The molecule has 1 amide bonds. The van der Waals surface area contributed by atoms with E-state index in [0.29, 0.717) is 12.2 Å². The summed E-state index contributed by atoms with van der Waals surface area (Å²) in [5, 5.41) is 10.1. The molecule has 2 heterocycles. The van der Waals surface area contributed by atoms with E-state index in [1.165, 1.54) is 0 Å². The molecule has 1 aliphatic heterocycles. The van der Waals surface area contributed by atoms with E-state index in [2.05, 4.69) is 15.7 Å². The number of nitrogens with one attached hydrogen (secondary N) is 2. The average molecular weight is 272 g/mol. The fourth-order valence-electron chi connectivity index (χ4n) is 2.13. The van der Waals surface area contributed by atoms with Gasteiger partial charge in [0.15, 0.2) is 0 Å². The van der Waals surface area contributed by atoms with Crippen LogP contribution in [0.25, 0.3) is 0 Å². The van der Waals surface area contributed by atoms with Crippen LogP contribution in [0.3, 0.4) is 0 Å². The number of rotatable bonds is 2. The molecule has 0 atom stereocenters. The number of amides is 1. The molecule has 1 aromatic carbocycles. The highest BCUT2D eigenvalue weighted by molar-refractivity contribution is 6.04. The third-order valence-corrected chi connectivity index (χ3v) is 3.14. The molecule has 104 valence electrons. The van der Waals surface area contributed by atoms with Gasteiger partial charge in [0.05, 0.1) is 11.8 Å². The van der Waals surface area contributed by atoms with Crippen molar-refractivity contribution in [2.24, 2.45) is 7.05 Å². The lowest BCUT2D eigenvalue weighted by atomic mass is 10.1. The zero-order valence-electron chi connectivity index (χ0n) is 11.2. The Morgan fingerprint density at radius 1 is 1.50 bits per heavy atom. The molecular formula is C14H16N4O2. The van der Waals surface area contributed by atoms with Gasteiger partial charge in [-0.05, 0) is 18.2 Å². The lowest BCUT2D eigenvalue weighted by molar-refractivity contribution is 0.102. The molecule has 0 saturated carbocycles. The van der Waals surface area contributed by atoms with Crippen molar-refractivity contribution < 1.29 is 9.53 Å². The van der Waals surface area contributed by atoms with E-state index < -0.39 is 0 Å². The number of hydrogen-bond acceptors (Lipinski definition) is 4. The number of carbonyl (C=O) groups excluding carboxylic acids is 1. The number of fused-ring (bicyclic) bond motifs is 1. The first-order valence-corrected chi connectivity index (χ1v) is 6.49. The summed E-state index contributed by atoms with van der Waals surface area (Å²) in [6, 6.07) is 5.67. The standard InChI is InChI=1S/C14H16N4O2/c1-18-9-11(8-16-18)14(19)17-12-2-3-13-10(6-12)7-15-4-5-20-13/h2-3,6,8-9,15H,4-5,7H2,1H3,(H,17,19). The SMILES string of the molecule is Cn1cc(C(=O)Nc2ccc3c(c2)CNCCO3)cn1. The molecule has 0 aliphatic carbocycles. The average Bonchev–Trinajstić information content (AvgIpc) is 2.74. The van der Waals surface area contributed by atoms with E-state index in [-0.39, 0.29) is 5.91 Å². The fourth-order valence-corrected chi connectivity index (χ4v) is 2.13. The Hall–Kier alpha value is -2.34. The number of carbonyl (C=O) groups is 1. The monoisotopic (exact) mass is 272 g/mol. The summed E-state index contributed by atoms with van der Waals surface area (Å²) in [6.45, 7) is 2.23. The van der Waals surface area contributed by atoms with Crippen LogP contribution in [0.2, 0.25) is 0 Å². The summed E-state index contributed by atoms with van der Waals surface area (Å²) in [5.41, 5.74) is 2.34. The normalized spacial score (nSPS) is 14.1. The van der Waals surface area contributed by atoms with Crippen LogP contribution in [-0.4, -0.2) is 28.8 Å². The largest absolute Gasteiger partial charge is 0.492 e. The molecule has 0 fully saturated rings. The summed E-state index contributed by atoms with van der Waals surface area (Å²) in [5.74, 6) is 0.704. The topological polar surface area (TPSA) is 68.2 Å². The number of ether oxygens (including phenoxy) is 1. The first kappa shape index (κ1) is 12.7. The van der Waals surface area contributed by atoms with E-state index in [0.717, 1.165) is 30.1 Å². The van der Waals surface area contributed by atoms with Crippen molar-refractivity contribution in [2.45, 2.75) is 6.54 Å². The Morgan fingerprint density at radius 2 is 2.40 bits per heavy atom. The molecular weight excluding hydrogens is 256 g/mol. The maximum atomic E-state index is 12.1. The quantitative estimate of drug-likeness (QED) is 0.860. The Morgan fingerprint density at radius 3 is 3.20 bits per heavy atom. The van der Waals surface area contributed by atoms with Crippen LogP contribution in [0, 0.1) is 0 Å². The van der Waals surface area contributed by atoms with E-state index in [9.17, 15) is 4.79 Å². The summed E-state index contributed by atoms with van der Waals surface area (Å²) in [7, 11) is 1.78. The smallest absolute Gasteiger partial charge is 0.258 e. The van der Waals surface area contributed by atoms with Gasteiger partial charge in [-0.1, -0.05) is 0 Å². The van der Waals surface area contributed by atoms with Gasteiger partial charge < -0.3 is 15.4 Å². The Labute approximate surface area is 116 Å². The van der Waals surface area contributed by atoms with Crippen molar-refractivity contribution in [1.29, 1.82) is 0 Å². The van der Waals surface area contributed by atoms with Gasteiger partial charge >= 0.3 is 0 Å². The minimum Gasteiger partial charge on any atom is -0.492 e. The summed E-state index contributed by atoms with van der Waals surface area (Å²) in [4.78, 5) is 12.1. The Bertz CT molecular complexity index is 636. The minimum absolute atomic E-state index is 0.166. The van der Waals surface area contributed by atoms with Crippen LogP contribution in [0.15, 0.2) is 30.6 Å². The van der Waals surface area contributed by atoms with Gasteiger partial charge in [-0.2, -0.15) is 5.10 Å². The minimum atomic E-state index is -0.166. The highest BCUT2D eigenvalue weighted by atomic mass is 16.5. The number of hydrogen-bond donors (Lipinski definition) is 2. The molecule has 2 N–H and O–H groups in total. The predicted molar refractivity (Wildman–Crippen MR) is 74.8 cm³/mol. The molecule has 6 nitrogen and oxygen atoms in total. The van der Waals surface area contributed by atoms with Crippen molar-refractivity contribution in [3.8, 4) is 5.75 Å². The highest BCUT2D eigenvalue weighted by Gasteiger charge is 2.12. The van der Waals surface area contributed by atoms with Gasteiger partial charge in [-0.15, -0.1) is 0 Å². The Kier molecular flexibility index (Phi) is 3.39. The summed E-state index contributed by atoms with van der Waals surface area (Å²) in [6.07, 6.45) is 3.23. The Balaban J connectivity index is 1.77. The van der Waals surface area contributed by atoms with Crippen LogP contribution in [0.5, 0.6) is 5.75 Å². The van der Waals surface area contributed by atoms with Gasteiger partial charge in [0.2, 0.25) is 0 Å². The zero-order chi connectivity index (χ0) is 13.9. The summed E-state index contributed by atoms with van der Waals surface area (Å²) >= 11 is 0. The van der Waals surface area contributed by atoms with Gasteiger partial charge in [-0.25, -0.2) is 0 Å². The van der Waals surface area contributed by atoms with Gasteiger partial charge in [0.1, 0.15) is 12.4 Å². The second kappa shape index (κ2) is 5.34. The second-order valence-electron chi connectivity index (χ2n) is 4.70. The number of aryl methyl sites for hydroxylation is 1. The van der Waals surface area contributed by atoms with Crippen molar-refractivity contribution in [1.82, 2.24) is 15.1 Å². The molecule has 0 radical (unpaired) electrons. The van der Waals surface area contributed by atoms with Gasteiger partial charge in [-0.3, -0.25) is 9.48 Å². The number of nitrogens with zero attached hydrogens (tertiary/aromatic N) is 2. The van der Waals surface area contributed by atoms with Crippen molar-refractivity contribution >= 4 is 11.6 Å². The predicted octanol–water partition coefficient (Wildman–Crippen LogP) is 1.15. The molecule has 6 heteroatoms. The molecule has 0 spiro atoms. The van der Waals surface area contributed by atoms with Crippen LogP contribution in [0.1, 0.15) is 15.9 Å². The molecule has 0 bridgehead atoms. The van der Waals surface area contributed by atoms with E-state index in [4.69, 9.17) is 4.74 Å². The maximum Gasteiger partial charge on any atom is 0.258 e. The van der Waals surface area contributed by atoms with Gasteiger partial charge in [0, 0.05) is 37.6 Å². The zero-order valence-corrected chi connectivity index (χ0v) is 11.2. The maximum absolute atomic E-state index is 12.1. The first-order valence-electron chi connectivity index (χ1n) is 6.49. The van der Waals surface area contributed by atoms with Crippen molar-refractivity contribution in [3.05, 3.63) is 41.7 Å². The lowest BCUT2D eigenvalue weighted by Gasteiger charge is -2.09. The van der Waals surface area contributed by atoms with Gasteiger partial charge in [0.25, 0.3) is 5.91 Å². The van der Waals surface area contributed by atoms with E-state index in [1.54, 1.807) is 24.1 Å². The number of aromatic nitrogens is 2. The molecule has 0 saturated heterocycles. The number of anilines is 1. The molecule has 0 unspecified atom stereocenters. The molecule has 1 aliphatic rings. The first-order chi connectivity index (χ1) is 9.72. The highest BCUT2D eigenvalue weighted by Crippen LogP contribution is 2.24. The second-order valence-corrected chi connectivity index (χ2v) is 4.70. The lowest BCUT2D eigenvalue weighted by Crippen LogP contribution is -2.16. The fraction of sp³-hybridized carbons (Fsp3) is 0.286. The molecule has 20 heavy (non-hydrogen) atoms. The molecule has 1 aromatic heterocycles. The van der Waals surface area contributed by atoms with Crippen molar-refractivity contribution in [3.63, 3.8) is 0 Å². The molecule has 3 rings (SSSR count). The van der Waals surface area contributed by atoms with Crippen LogP contribution in [0.4, 0.5) is 5.69 Å². The van der Waals surface area contributed by atoms with Crippen LogP contribution < -0.4 is 15.4 Å².